The molecular formula is C13H36N2O6Si4. The fourth-order valence-corrected chi connectivity index (χ4v) is 22.6. The summed E-state index contributed by atoms with van der Waals surface area (Å²) in [7, 11) is -9.43. The van der Waals surface area contributed by atoms with Gasteiger partial charge in [0.1, 0.15) is 0 Å². The van der Waals surface area contributed by atoms with E-state index in [-0.39, 0.29) is 0 Å². The Hall–Kier alpha value is 0.548. The van der Waals surface area contributed by atoms with Gasteiger partial charge < -0.3 is 36.8 Å². The van der Waals surface area contributed by atoms with Crippen LogP contribution in [0.2, 0.25) is 38.3 Å². The van der Waals surface area contributed by atoms with Gasteiger partial charge in [-0.3, -0.25) is 0 Å². The van der Waals surface area contributed by atoms with Gasteiger partial charge in [0.05, 0.1) is 0 Å². The van der Waals surface area contributed by atoms with Gasteiger partial charge >= 0.3 is 34.7 Å². The minimum absolute atomic E-state index is 0.497. The summed E-state index contributed by atoms with van der Waals surface area (Å²) in [4.78, 5) is 0. The molecule has 1 saturated heterocycles. The Balaban J connectivity index is 3.20. The average molecular weight is 429 g/mol. The molecule has 0 aliphatic carbocycles. The molecule has 12 heteroatoms. The van der Waals surface area contributed by atoms with Crippen LogP contribution in [0.15, 0.2) is 0 Å². The summed E-state index contributed by atoms with van der Waals surface area (Å²) in [6.45, 7) is 11.5. The zero-order valence-electron chi connectivity index (χ0n) is 16.6. The summed E-state index contributed by atoms with van der Waals surface area (Å²) < 4.78 is 37.7. The van der Waals surface area contributed by atoms with Crippen molar-refractivity contribution in [2.24, 2.45) is 11.5 Å². The van der Waals surface area contributed by atoms with E-state index in [9.17, 15) is 0 Å². The molecule has 0 radical (unpaired) electrons. The van der Waals surface area contributed by atoms with Crippen molar-refractivity contribution in [3.63, 3.8) is 0 Å². The molecule has 25 heavy (non-hydrogen) atoms. The van der Waals surface area contributed by atoms with E-state index in [1.165, 1.54) is 0 Å². The van der Waals surface area contributed by atoms with Gasteiger partial charge in [-0.05, 0) is 58.5 Å². The molecule has 1 aliphatic rings. The molecule has 1 rings (SSSR count). The molecule has 1 heterocycles. The highest BCUT2D eigenvalue weighted by Gasteiger charge is 2.59. The lowest BCUT2D eigenvalue weighted by molar-refractivity contribution is 0.0874. The van der Waals surface area contributed by atoms with Crippen molar-refractivity contribution >= 4 is 34.7 Å². The van der Waals surface area contributed by atoms with Crippen LogP contribution in [0, 0.1) is 0 Å². The van der Waals surface area contributed by atoms with E-state index in [4.69, 9.17) is 36.8 Å². The first-order valence-electron chi connectivity index (χ1n) is 8.97. The predicted molar refractivity (Wildman–Crippen MR) is 106 cm³/mol. The largest absolute Gasteiger partial charge is 0.484 e. The average Bonchev–Trinajstić information content (AvgIpc) is 2.49. The smallest absolute Gasteiger partial charge is 0.416 e. The molecule has 0 amide bonds. The molecule has 1 fully saturated rings. The van der Waals surface area contributed by atoms with Crippen molar-refractivity contribution in [2.45, 2.75) is 58.0 Å². The Morgan fingerprint density at radius 2 is 1.44 bits per heavy atom. The third-order valence-corrected chi connectivity index (χ3v) is 20.4. The Morgan fingerprint density at radius 1 is 0.840 bits per heavy atom. The van der Waals surface area contributed by atoms with E-state index in [2.05, 4.69) is 0 Å². The highest BCUT2D eigenvalue weighted by molar-refractivity contribution is 6.91. The maximum Gasteiger partial charge on any atom is 0.484 e. The molecule has 0 spiro atoms. The second-order valence-electron chi connectivity index (χ2n) is 6.91. The minimum Gasteiger partial charge on any atom is -0.416 e. The molecule has 8 nitrogen and oxygen atoms in total. The van der Waals surface area contributed by atoms with Crippen LogP contribution in [0.5, 0.6) is 0 Å². The number of hydrogen-bond acceptors (Lipinski definition) is 8. The van der Waals surface area contributed by atoms with Gasteiger partial charge in [-0.15, -0.1) is 0 Å². The zero-order chi connectivity index (χ0) is 19.2. The molecule has 0 saturated carbocycles. The maximum atomic E-state index is 6.52. The highest BCUT2D eigenvalue weighted by Crippen LogP contribution is 2.35. The van der Waals surface area contributed by atoms with E-state index in [1.807, 2.05) is 33.1 Å². The predicted octanol–water partition coefficient (Wildman–Crippen LogP) is 1.73. The van der Waals surface area contributed by atoms with Crippen LogP contribution in [0.25, 0.3) is 0 Å². The van der Waals surface area contributed by atoms with Gasteiger partial charge in [-0.1, -0.05) is 0 Å². The van der Waals surface area contributed by atoms with Crippen molar-refractivity contribution in [3.8, 4) is 0 Å². The lowest BCUT2D eigenvalue weighted by Gasteiger charge is -2.48. The summed E-state index contributed by atoms with van der Waals surface area (Å²) in [5.74, 6) is 0. The third kappa shape index (κ3) is 7.23. The lowest BCUT2D eigenvalue weighted by atomic mass is 10.5. The molecular weight excluding hydrogens is 392 g/mol. The second kappa shape index (κ2) is 9.65. The van der Waals surface area contributed by atoms with E-state index in [1.54, 1.807) is 7.11 Å². The molecule has 0 bridgehead atoms. The molecule has 0 aromatic heterocycles. The van der Waals surface area contributed by atoms with E-state index in [0.29, 0.717) is 25.7 Å². The highest BCUT2D eigenvalue weighted by atomic mass is 28.5. The van der Waals surface area contributed by atoms with Crippen LogP contribution in [0.1, 0.15) is 19.8 Å². The van der Waals surface area contributed by atoms with Gasteiger partial charge in [0, 0.05) is 26.3 Å². The summed E-state index contributed by atoms with van der Waals surface area (Å²) >= 11 is 0. The molecule has 3 atom stereocenters. The molecule has 3 unspecified atom stereocenters. The van der Waals surface area contributed by atoms with E-state index >= 15 is 0 Å². The minimum atomic E-state index is -3.01. The van der Waals surface area contributed by atoms with Crippen molar-refractivity contribution in [3.05, 3.63) is 0 Å². The van der Waals surface area contributed by atoms with Gasteiger partial charge in [0.2, 0.25) is 0 Å². The van der Waals surface area contributed by atoms with Crippen LogP contribution in [0.3, 0.4) is 0 Å². The summed E-state index contributed by atoms with van der Waals surface area (Å²) in [5.41, 5.74) is 11.4. The van der Waals surface area contributed by atoms with Crippen molar-refractivity contribution in [2.75, 3.05) is 26.8 Å². The van der Waals surface area contributed by atoms with E-state index < -0.39 is 34.7 Å². The molecule has 4 N–H and O–H groups in total. The third-order valence-electron chi connectivity index (χ3n) is 3.86. The van der Waals surface area contributed by atoms with Crippen LogP contribution in [0.4, 0.5) is 0 Å². The molecule has 150 valence electrons. The Kier molecular flexibility index (Phi) is 9.11. The molecule has 1 aliphatic heterocycles. The fraction of sp³-hybridized carbons (Fsp3) is 1.00. The first-order chi connectivity index (χ1) is 11.6. The standard InChI is InChI=1S/C13H36N2O6Si4/c1-7-17-25(13-9-11-15)19-22(3,4)18-23(5,12-8-10-14)20-24(6,16-2)21-25/h7-15H2,1-6H3. The molecule has 0 aromatic rings. The Labute approximate surface area is 156 Å². The van der Waals surface area contributed by atoms with Gasteiger partial charge in [-0.25, -0.2) is 0 Å². The summed E-state index contributed by atoms with van der Waals surface area (Å²) in [6.07, 6.45) is 1.59. The quantitative estimate of drug-likeness (QED) is 0.535. The summed E-state index contributed by atoms with van der Waals surface area (Å²) in [6, 6.07) is 1.41. The van der Waals surface area contributed by atoms with Gasteiger partial charge in [-0.2, -0.15) is 0 Å². The van der Waals surface area contributed by atoms with Crippen molar-refractivity contribution in [1.29, 1.82) is 0 Å². The van der Waals surface area contributed by atoms with Crippen LogP contribution in [-0.2, 0) is 25.3 Å². The van der Waals surface area contributed by atoms with E-state index in [0.717, 1.165) is 18.9 Å². The first kappa shape index (κ1) is 23.6. The van der Waals surface area contributed by atoms with Gasteiger partial charge in [0.15, 0.2) is 0 Å². The van der Waals surface area contributed by atoms with Crippen LogP contribution < -0.4 is 11.5 Å². The van der Waals surface area contributed by atoms with Crippen LogP contribution >= 0.6 is 0 Å². The van der Waals surface area contributed by atoms with Crippen LogP contribution in [-0.4, -0.2) is 61.5 Å². The number of rotatable bonds is 9. The van der Waals surface area contributed by atoms with Crippen molar-refractivity contribution < 1.29 is 25.3 Å². The molecule has 0 aromatic carbocycles. The number of hydrogen-bond donors (Lipinski definition) is 2. The number of nitrogens with two attached hydrogens (primary N) is 2. The maximum absolute atomic E-state index is 6.52. The Morgan fingerprint density at radius 3 is 1.96 bits per heavy atom. The Bertz CT molecular complexity index is 424. The van der Waals surface area contributed by atoms with Crippen molar-refractivity contribution in [1.82, 2.24) is 0 Å². The topological polar surface area (TPSA) is 107 Å². The normalized spacial score (nSPS) is 36.0. The first-order valence-corrected chi connectivity index (χ1v) is 18.5. The SMILES string of the molecule is CCO[Si]1(CCCN)O[Si](C)(C)O[Si](C)(CCCN)O[Si](C)(OC)O1. The monoisotopic (exact) mass is 428 g/mol. The lowest BCUT2D eigenvalue weighted by Crippen LogP contribution is -2.69. The van der Waals surface area contributed by atoms with Gasteiger partial charge in [0.25, 0.3) is 0 Å². The second-order valence-corrected chi connectivity index (χ2v) is 20.0. The fourth-order valence-electron chi connectivity index (χ4n) is 3.03. The zero-order valence-corrected chi connectivity index (χ0v) is 20.6. The summed E-state index contributed by atoms with van der Waals surface area (Å²) in [5, 5.41) is 0.